The van der Waals surface area contributed by atoms with Crippen molar-refractivity contribution in [2.75, 3.05) is 6.61 Å². The Bertz CT molecular complexity index is 592. The number of benzene rings is 1. The van der Waals surface area contributed by atoms with Gasteiger partial charge in [0.25, 0.3) is 0 Å². The molecule has 106 valence electrons. The maximum Gasteiger partial charge on any atom is 0.341 e. The molecule has 2 N–H and O–H groups in total. The van der Waals surface area contributed by atoms with E-state index in [0.29, 0.717) is 12.2 Å². The Morgan fingerprint density at radius 2 is 2.25 bits per heavy atom. The fourth-order valence-electron chi connectivity index (χ4n) is 1.92. The second-order valence-corrected chi connectivity index (χ2v) is 4.50. The van der Waals surface area contributed by atoms with Crippen LogP contribution in [-0.2, 0) is 4.74 Å². The molecule has 1 atom stereocenters. The van der Waals surface area contributed by atoms with Crippen molar-refractivity contribution in [3.8, 4) is 5.69 Å². The highest BCUT2D eigenvalue weighted by Crippen LogP contribution is 2.17. The molecule has 0 aliphatic carbocycles. The van der Waals surface area contributed by atoms with Gasteiger partial charge in [-0.1, -0.05) is 19.1 Å². The van der Waals surface area contributed by atoms with E-state index < -0.39 is 0 Å². The average Bonchev–Trinajstić information content (AvgIpc) is 2.97. The molecule has 2 aromatic rings. The maximum atomic E-state index is 11.6. The summed E-state index contributed by atoms with van der Waals surface area (Å²) >= 11 is 0. The summed E-state index contributed by atoms with van der Waals surface area (Å²) in [5, 5.41) is 4.19. The van der Waals surface area contributed by atoms with Crippen molar-refractivity contribution >= 4 is 5.97 Å². The van der Waals surface area contributed by atoms with Crippen LogP contribution in [0, 0.1) is 0 Å². The van der Waals surface area contributed by atoms with Gasteiger partial charge < -0.3 is 10.5 Å². The SMILES string of the molecule is CCOC(=O)c1cnn(-c2cccc(C(N)CC)c2)c1. The first-order valence-corrected chi connectivity index (χ1v) is 6.73. The van der Waals surface area contributed by atoms with Gasteiger partial charge in [0.15, 0.2) is 0 Å². The lowest BCUT2D eigenvalue weighted by molar-refractivity contribution is 0.0526. The molecule has 5 heteroatoms. The number of hydrogen-bond donors (Lipinski definition) is 1. The molecule has 0 radical (unpaired) electrons. The number of esters is 1. The number of aromatic nitrogens is 2. The minimum Gasteiger partial charge on any atom is -0.462 e. The van der Waals surface area contributed by atoms with Crippen LogP contribution in [0.3, 0.4) is 0 Å². The van der Waals surface area contributed by atoms with Crippen LogP contribution >= 0.6 is 0 Å². The van der Waals surface area contributed by atoms with Crippen molar-refractivity contribution in [2.24, 2.45) is 5.73 Å². The highest BCUT2D eigenvalue weighted by Gasteiger charge is 2.11. The van der Waals surface area contributed by atoms with Crippen LogP contribution in [0.2, 0.25) is 0 Å². The second kappa shape index (κ2) is 6.34. The normalized spacial score (nSPS) is 12.2. The van der Waals surface area contributed by atoms with Crippen LogP contribution in [0.5, 0.6) is 0 Å². The topological polar surface area (TPSA) is 70.1 Å². The predicted octanol–water partition coefficient (Wildman–Crippen LogP) is 2.46. The third-order valence-corrected chi connectivity index (χ3v) is 3.10. The van der Waals surface area contributed by atoms with E-state index in [1.54, 1.807) is 17.8 Å². The quantitative estimate of drug-likeness (QED) is 0.849. The van der Waals surface area contributed by atoms with Crippen LogP contribution in [0.15, 0.2) is 36.7 Å². The molecule has 0 aliphatic heterocycles. The summed E-state index contributed by atoms with van der Waals surface area (Å²) in [7, 11) is 0. The van der Waals surface area contributed by atoms with Crippen molar-refractivity contribution < 1.29 is 9.53 Å². The Morgan fingerprint density at radius 1 is 1.45 bits per heavy atom. The van der Waals surface area contributed by atoms with Crippen LogP contribution in [0.4, 0.5) is 0 Å². The molecule has 2 rings (SSSR count). The third-order valence-electron chi connectivity index (χ3n) is 3.10. The smallest absolute Gasteiger partial charge is 0.341 e. The van der Waals surface area contributed by atoms with Crippen LogP contribution in [0.1, 0.15) is 42.2 Å². The Balaban J connectivity index is 2.26. The zero-order chi connectivity index (χ0) is 14.5. The van der Waals surface area contributed by atoms with Crippen molar-refractivity contribution in [1.29, 1.82) is 0 Å². The molecule has 1 aromatic heterocycles. The molecule has 0 amide bonds. The molecule has 1 heterocycles. The fourth-order valence-corrected chi connectivity index (χ4v) is 1.92. The zero-order valence-corrected chi connectivity index (χ0v) is 11.7. The Hall–Kier alpha value is -2.14. The average molecular weight is 273 g/mol. The van der Waals surface area contributed by atoms with E-state index in [2.05, 4.69) is 5.10 Å². The van der Waals surface area contributed by atoms with Gasteiger partial charge in [-0.05, 0) is 31.0 Å². The molecular weight excluding hydrogens is 254 g/mol. The van der Waals surface area contributed by atoms with E-state index in [9.17, 15) is 4.79 Å². The number of rotatable bonds is 5. The van der Waals surface area contributed by atoms with Gasteiger partial charge in [0.1, 0.15) is 0 Å². The number of carbonyl (C=O) groups excluding carboxylic acids is 1. The number of nitrogens with two attached hydrogens (primary N) is 1. The Labute approximate surface area is 118 Å². The number of nitrogens with zero attached hydrogens (tertiary/aromatic N) is 2. The van der Waals surface area contributed by atoms with E-state index in [1.807, 2.05) is 31.2 Å². The van der Waals surface area contributed by atoms with Crippen molar-refractivity contribution in [3.05, 3.63) is 47.8 Å². The largest absolute Gasteiger partial charge is 0.462 e. The van der Waals surface area contributed by atoms with Gasteiger partial charge in [-0.2, -0.15) is 5.10 Å². The summed E-state index contributed by atoms with van der Waals surface area (Å²) in [6.45, 7) is 4.17. The van der Waals surface area contributed by atoms with E-state index in [0.717, 1.165) is 17.7 Å². The lowest BCUT2D eigenvalue weighted by atomic mass is 10.1. The van der Waals surface area contributed by atoms with Crippen molar-refractivity contribution in [1.82, 2.24) is 9.78 Å². The zero-order valence-electron chi connectivity index (χ0n) is 11.7. The molecule has 1 aromatic carbocycles. The Morgan fingerprint density at radius 3 is 2.95 bits per heavy atom. The van der Waals surface area contributed by atoms with Gasteiger partial charge in [0, 0.05) is 12.2 Å². The summed E-state index contributed by atoms with van der Waals surface area (Å²) in [4.78, 5) is 11.6. The van der Waals surface area contributed by atoms with E-state index in [-0.39, 0.29) is 12.0 Å². The summed E-state index contributed by atoms with van der Waals surface area (Å²) in [5.41, 5.74) is 8.40. The Kier molecular flexibility index (Phi) is 4.53. The van der Waals surface area contributed by atoms with Gasteiger partial charge in [-0.25, -0.2) is 9.48 Å². The van der Waals surface area contributed by atoms with Crippen molar-refractivity contribution in [3.63, 3.8) is 0 Å². The highest BCUT2D eigenvalue weighted by molar-refractivity contribution is 5.88. The van der Waals surface area contributed by atoms with Crippen LogP contribution < -0.4 is 5.73 Å². The summed E-state index contributed by atoms with van der Waals surface area (Å²) < 4.78 is 6.60. The molecule has 0 saturated carbocycles. The maximum absolute atomic E-state index is 11.6. The first-order valence-electron chi connectivity index (χ1n) is 6.73. The molecule has 1 unspecified atom stereocenters. The standard InChI is InChI=1S/C15H19N3O2/c1-3-14(16)11-6-5-7-13(8-11)18-10-12(9-17-18)15(19)20-4-2/h5-10,14H,3-4,16H2,1-2H3. The van der Waals surface area contributed by atoms with E-state index >= 15 is 0 Å². The summed E-state index contributed by atoms with van der Waals surface area (Å²) in [6, 6.07) is 7.85. The van der Waals surface area contributed by atoms with Gasteiger partial charge in [-0.15, -0.1) is 0 Å². The first-order chi connectivity index (χ1) is 9.65. The van der Waals surface area contributed by atoms with Crippen molar-refractivity contribution in [2.45, 2.75) is 26.3 Å². The summed E-state index contributed by atoms with van der Waals surface area (Å²) in [6.07, 6.45) is 4.04. The fraction of sp³-hybridized carbons (Fsp3) is 0.333. The third kappa shape index (κ3) is 3.05. The number of carbonyl (C=O) groups is 1. The van der Waals surface area contributed by atoms with Crippen LogP contribution in [0.25, 0.3) is 5.69 Å². The minimum atomic E-state index is -0.361. The van der Waals surface area contributed by atoms with Gasteiger partial charge in [-0.3, -0.25) is 0 Å². The molecule has 0 saturated heterocycles. The van der Waals surface area contributed by atoms with Gasteiger partial charge in [0.2, 0.25) is 0 Å². The predicted molar refractivity (Wildman–Crippen MR) is 76.7 cm³/mol. The monoisotopic (exact) mass is 273 g/mol. The molecule has 0 fully saturated rings. The molecule has 0 bridgehead atoms. The number of ether oxygens (including phenoxy) is 1. The lowest BCUT2D eigenvalue weighted by Crippen LogP contribution is -2.09. The summed E-state index contributed by atoms with van der Waals surface area (Å²) in [5.74, 6) is -0.361. The van der Waals surface area contributed by atoms with E-state index in [4.69, 9.17) is 10.5 Å². The van der Waals surface area contributed by atoms with Crippen LogP contribution in [-0.4, -0.2) is 22.4 Å². The molecule has 5 nitrogen and oxygen atoms in total. The van der Waals surface area contributed by atoms with Gasteiger partial charge >= 0.3 is 5.97 Å². The molecule has 20 heavy (non-hydrogen) atoms. The number of hydrogen-bond acceptors (Lipinski definition) is 4. The minimum absolute atomic E-state index is 0.00930. The highest BCUT2D eigenvalue weighted by atomic mass is 16.5. The molecular formula is C15H19N3O2. The first kappa shape index (κ1) is 14.3. The lowest BCUT2D eigenvalue weighted by Gasteiger charge is -2.10. The second-order valence-electron chi connectivity index (χ2n) is 4.50. The molecule has 0 spiro atoms. The van der Waals surface area contributed by atoms with Gasteiger partial charge in [0.05, 0.1) is 24.1 Å². The van der Waals surface area contributed by atoms with E-state index in [1.165, 1.54) is 6.20 Å². The molecule has 0 aliphatic rings.